The van der Waals surface area contributed by atoms with Crippen molar-refractivity contribution in [2.75, 3.05) is 0 Å². The lowest BCUT2D eigenvalue weighted by atomic mass is 9.86. The van der Waals surface area contributed by atoms with Gasteiger partial charge in [-0.25, -0.2) is 8.78 Å². The predicted octanol–water partition coefficient (Wildman–Crippen LogP) is 11.5. The second-order valence-corrected chi connectivity index (χ2v) is 17.2. The van der Waals surface area contributed by atoms with Gasteiger partial charge in [-0.05, 0) is 112 Å². The Labute approximate surface area is 364 Å². The van der Waals surface area contributed by atoms with E-state index in [9.17, 15) is 19.0 Å². The Morgan fingerprint density at radius 3 is 1.14 bits per heavy atom. The molecule has 2 heterocycles. The lowest BCUT2D eigenvalue weighted by molar-refractivity contribution is -0.0578. The van der Waals surface area contributed by atoms with Gasteiger partial charge in [-0.1, -0.05) is 133 Å². The van der Waals surface area contributed by atoms with Crippen LogP contribution < -0.4 is 0 Å². The fourth-order valence-electron chi connectivity index (χ4n) is 11.0. The molecule has 2 aliphatic heterocycles. The molecule has 306 valence electrons. The third kappa shape index (κ3) is 4.83. The minimum atomic E-state index is -2.18. The number of benzene rings is 11. The maximum Gasteiger partial charge on any atom is 0.257 e. The summed E-state index contributed by atoms with van der Waals surface area (Å²) >= 11 is 0. The van der Waals surface area contributed by atoms with Crippen molar-refractivity contribution in [3.8, 4) is 0 Å². The summed E-state index contributed by atoms with van der Waals surface area (Å²) in [5.74, 6) is -2.14. The molecule has 0 fully saturated rings. The molecule has 2 atom stereocenters. The van der Waals surface area contributed by atoms with E-state index in [0.29, 0.717) is 0 Å². The number of hydrogen-bond acceptors (Lipinski definition) is 4. The zero-order valence-electron chi connectivity index (χ0n) is 33.9. The van der Waals surface area contributed by atoms with Gasteiger partial charge in [0.2, 0.25) is 0 Å². The molecule has 0 aromatic heterocycles. The number of rotatable bonds is 6. The predicted molar refractivity (Wildman–Crippen MR) is 245 cm³/mol. The Bertz CT molecular complexity index is 3520. The molecule has 2 N–H and O–H groups in total. The molecule has 0 saturated heterocycles. The molecule has 6 nitrogen and oxygen atoms in total. The first kappa shape index (κ1) is 36.8. The number of amides is 2. The van der Waals surface area contributed by atoms with Gasteiger partial charge in [-0.3, -0.25) is 19.4 Å². The quantitative estimate of drug-likeness (QED) is 0.164. The van der Waals surface area contributed by atoms with Crippen LogP contribution in [0.4, 0.5) is 8.78 Å². The number of hydrogen-bond donors (Lipinski definition) is 2. The summed E-state index contributed by atoms with van der Waals surface area (Å²) in [7, 11) is 0. The molecule has 0 bridgehead atoms. The van der Waals surface area contributed by atoms with Gasteiger partial charge in [0.15, 0.2) is 11.4 Å². The van der Waals surface area contributed by atoms with Crippen LogP contribution in [-0.4, -0.2) is 31.8 Å². The van der Waals surface area contributed by atoms with Crippen molar-refractivity contribution in [3.05, 3.63) is 226 Å². The summed E-state index contributed by atoms with van der Waals surface area (Å²) in [4.78, 5) is 32.8. The van der Waals surface area contributed by atoms with E-state index in [2.05, 4.69) is 60.7 Å². The molecule has 0 radical (unpaired) electrons. The molecule has 0 aliphatic carbocycles. The van der Waals surface area contributed by atoms with Crippen molar-refractivity contribution in [1.82, 2.24) is 9.80 Å². The van der Waals surface area contributed by atoms with E-state index in [1.54, 1.807) is 0 Å². The van der Waals surface area contributed by atoms with E-state index in [-0.39, 0.29) is 46.5 Å². The molecule has 11 aromatic carbocycles. The molecule has 2 aliphatic rings. The first-order valence-electron chi connectivity index (χ1n) is 21.2. The van der Waals surface area contributed by atoms with E-state index in [0.717, 1.165) is 75.8 Å². The fourth-order valence-corrected chi connectivity index (χ4v) is 11.0. The molecule has 2 unspecified atom stereocenters. The maximum absolute atomic E-state index is 15.1. The first-order chi connectivity index (χ1) is 31.1. The van der Waals surface area contributed by atoms with Crippen molar-refractivity contribution >= 4 is 76.4 Å². The van der Waals surface area contributed by atoms with Crippen molar-refractivity contribution in [1.29, 1.82) is 0 Å². The summed E-state index contributed by atoms with van der Waals surface area (Å²) in [5.41, 5.74) is -1.96. The van der Waals surface area contributed by atoms with Crippen LogP contribution in [0.3, 0.4) is 0 Å². The second kappa shape index (κ2) is 12.9. The number of halogens is 2. The normalized spacial score (nSPS) is 18.6. The molecule has 2 amide bonds. The summed E-state index contributed by atoms with van der Waals surface area (Å²) in [6.07, 6.45) is 0. The standard InChI is InChI=1S/C56H34F2N2O4/c57-41-21-17-39(18-22-41)55(63)47-28-48-46(27-45(47)53(61)59(55)29-37-13-11-35-9-7-31-3-1-5-33-15-25-43(37)51(35)49(31)33)54(62)60(56(48,64)40-19-23-42(58)24-20-40)30-38-14-12-36-10-8-32-4-2-6-34-16-26-44(38)52(36)50(32)34/h1-28,63-64H,29-30H2. The Morgan fingerprint density at radius 1 is 0.406 bits per heavy atom. The van der Waals surface area contributed by atoms with Crippen LogP contribution in [0.2, 0.25) is 0 Å². The van der Waals surface area contributed by atoms with Gasteiger partial charge >= 0.3 is 0 Å². The molecule has 13 rings (SSSR count). The van der Waals surface area contributed by atoms with Crippen LogP contribution >= 0.6 is 0 Å². The van der Waals surface area contributed by atoms with Crippen LogP contribution in [-0.2, 0) is 24.5 Å². The van der Waals surface area contributed by atoms with Gasteiger partial charge in [0.1, 0.15) is 11.6 Å². The SMILES string of the molecule is O=C1c2cc3c(cc2C(O)(c2ccc(F)cc2)N1Cc1ccc2ccc4cccc5ccc1c2c45)C(O)(c1ccc(F)cc1)N(Cc1ccc2ccc4cccc5ccc1c2c45)C3=O. The van der Waals surface area contributed by atoms with E-state index >= 15 is 9.59 Å². The van der Waals surface area contributed by atoms with Crippen LogP contribution in [0, 0.1) is 11.6 Å². The van der Waals surface area contributed by atoms with Crippen LogP contribution in [0.15, 0.2) is 170 Å². The highest BCUT2D eigenvalue weighted by molar-refractivity contribution is 6.25. The Morgan fingerprint density at radius 2 is 0.750 bits per heavy atom. The zero-order chi connectivity index (χ0) is 43.2. The van der Waals surface area contributed by atoms with Gasteiger partial charge in [-0.15, -0.1) is 0 Å². The highest BCUT2D eigenvalue weighted by Gasteiger charge is 2.56. The highest BCUT2D eigenvalue weighted by atomic mass is 19.1. The molecule has 11 aromatic rings. The Hall–Kier alpha value is -7.78. The average molecular weight is 837 g/mol. The number of aliphatic hydroxyl groups is 2. The summed E-state index contributed by atoms with van der Waals surface area (Å²) < 4.78 is 29.2. The minimum absolute atomic E-state index is 0.0445. The van der Waals surface area contributed by atoms with Crippen molar-refractivity contribution in [3.63, 3.8) is 0 Å². The van der Waals surface area contributed by atoms with E-state index in [1.807, 2.05) is 48.5 Å². The Kier molecular flexibility index (Phi) is 7.42. The van der Waals surface area contributed by atoms with Gasteiger partial charge in [-0.2, -0.15) is 0 Å². The summed E-state index contributed by atoms with van der Waals surface area (Å²) in [5, 5.41) is 39.2. The molecule has 64 heavy (non-hydrogen) atoms. The van der Waals surface area contributed by atoms with Crippen molar-refractivity contribution in [2.45, 2.75) is 24.5 Å². The first-order valence-corrected chi connectivity index (χ1v) is 21.2. The van der Waals surface area contributed by atoms with Crippen LogP contribution in [0.5, 0.6) is 0 Å². The highest BCUT2D eigenvalue weighted by Crippen LogP contribution is 2.51. The van der Waals surface area contributed by atoms with E-state index in [1.165, 1.54) is 70.5 Å². The van der Waals surface area contributed by atoms with Crippen LogP contribution in [0.1, 0.15) is 54.1 Å². The largest absolute Gasteiger partial charge is 0.363 e. The number of carbonyl (C=O) groups excluding carboxylic acids is 2. The number of carbonyl (C=O) groups is 2. The topological polar surface area (TPSA) is 81.1 Å². The van der Waals surface area contributed by atoms with Crippen LogP contribution in [0.25, 0.3) is 64.6 Å². The zero-order valence-corrected chi connectivity index (χ0v) is 33.9. The lowest BCUT2D eigenvalue weighted by Crippen LogP contribution is -2.45. The van der Waals surface area contributed by atoms with E-state index in [4.69, 9.17) is 0 Å². The summed E-state index contributed by atoms with van der Waals surface area (Å²) in [6, 6.07) is 50.5. The molecule has 0 saturated carbocycles. The Balaban J connectivity index is 0.987. The van der Waals surface area contributed by atoms with Crippen molar-refractivity contribution < 1.29 is 28.6 Å². The van der Waals surface area contributed by atoms with Gasteiger partial charge in [0.25, 0.3) is 11.8 Å². The minimum Gasteiger partial charge on any atom is -0.363 e. The molecular weight excluding hydrogens is 803 g/mol. The smallest absolute Gasteiger partial charge is 0.257 e. The third-order valence-electron chi connectivity index (χ3n) is 14.0. The molecule has 8 heteroatoms. The summed E-state index contributed by atoms with van der Waals surface area (Å²) in [6.45, 7) is -0.0889. The van der Waals surface area contributed by atoms with Gasteiger partial charge < -0.3 is 10.2 Å². The van der Waals surface area contributed by atoms with E-state index < -0.39 is 34.9 Å². The second-order valence-electron chi connectivity index (χ2n) is 17.2. The third-order valence-corrected chi connectivity index (χ3v) is 14.0. The van der Waals surface area contributed by atoms with Gasteiger partial charge in [0.05, 0.1) is 13.1 Å². The number of nitrogens with zero attached hydrogens (tertiary/aromatic N) is 2. The molecular formula is C56H34F2N2O4. The maximum atomic E-state index is 15.1. The fraction of sp³-hybridized carbons (Fsp3) is 0.0714. The lowest BCUT2D eigenvalue weighted by Gasteiger charge is -2.37. The monoisotopic (exact) mass is 836 g/mol. The molecule has 0 spiro atoms. The number of fused-ring (bicyclic) bond motifs is 2. The van der Waals surface area contributed by atoms with Gasteiger partial charge in [0, 0.05) is 33.4 Å². The average Bonchev–Trinajstić information content (AvgIpc) is 3.66. The van der Waals surface area contributed by atoms with Crippen molar-refractivity contribution in [2.24, 2.45) is 0 Å².